The third kappa shape index (κ3) is 2.97. The Morgan fingerprint density at radius 3 is 2.87 bits per heavy atom. The van der Waals surface area contributed by atoms with Crippen molar-refractivity contribution in [3.05, 3.63) is 54.7 Å². The van der Waals surface area contributed by atoms with Gasteiger partial charge in [-0.15, -0.1) is 0 Å². The summed E-state index contributed by atoms with van der Waals surface area (Å²) in [6.45, 7) is 0.272. The first-order valence-corrected chi connectivity index (χ1v) is 9.77. The van der Waals surface area contributed by atoms with Gasteiger partial charge >= 0.3 is 6.09 Å². The number of benzene rings is 1. The highest BCUT2D eigenvalue weighted by Crippen LogP contribution is 2.40. The van der Waals surface area contributed by atoms with Gasteiger partial charge in [0, 0.05) is 18.9 Å². The SMILES string of the molecule is NC1(c2cncc(-c3nc4c(O)cccc4[nH]3)n2)C(n2cccn2)CCCN1C(=O)O. The molecule has 0 radical (unpaired) electrons. The Balaban J connectivity index is 1.64. The minimum Gasteiger partial charge on any atom is -0.506 e. The molecule has 4 heterocycles. The number of aromatic hydroxyl groups is 1. The Morgan fingerprint density at radius 1 is 1.26 bits per heavy atom. The van der Waals surface area contributed by atoms with E-state index >= 15 is 0 Å². The lowest BCUT2D eigenvalue weighted by molar-refractivity contribution is 0.00266. The van der Waals surface area contributed by atoms with Crippen molar-refractivity contribution in [2.24, 2.45) is 5.73 Å². The molecule has 1 saturated heterocycles. The molecule has 0 spiro atoms. The molecule has 2 atom stereocenters. The number of carboxylic acid groups (broad SMARTS) is 1. The second-order valence-electron chi connectivity index (χ2n) is 7.45. The van der Waals surface area contributed by atoms with Crippen LogP contribution in [0.15, 0.2) is 49.1 Å². The van der Waals surface area contributed by atoms with Crippen molar-refractivity contribution >= 4 is 17.1 Å². The largest absolute Gasteiger partial charge is 0.506 e. The molecule has 4 aromatic rings. The van der Waals surface area contributed by atoms with Gasteiger partial charge in [-0.2, -0.15) is 5.10 Å². The fourth-order valence-corrected chi connectivity index (χ4v) is 4.20. The number of hydrogen-bond donors (Lipinski definition) is 4. The number of piperidine rings is 1. The van der Waals surface area contributed by atoms with E-state index in [9.17, 15) is 15.0 Å². The lowest BCUT2D eigenvalue weighted by Gasteiger charge is -2.47. The van der Waals surface area contributed by atoms with E-state index in [0.29, 0.717) is 35.4 Å². The number of rotatable bonds is 3. The summed E-state index contributed by atoms with van der Waals surface area (Å²) in [5.74, 6) is 0.435. The summed E-state index contributed by atoms with van der Waals surface area (Å²) < 4.78 is 1.67. The molecule has 158 valence electrons. The Kier molecular flexibility index (Phi) is 4.33. The van der Waals surface area contributed by atoms with E-state index in [2.05, 4.69) is 25.0 Å². The second kappa shape index (κ2) is 7.06. The van der Waals surface area contributed by atoms with E-state index in [-0.39, 0.29) is 18.0 Å². The van der Waals surface area contributed by atoms with Crippen LogP contribution in [0.4, 0.5) is 4.79 Å². The maximum absolute atomic E-state index is 12.1. The summed E-state index contributed by atoms with van der Waals surface area (Å²) in [5, 5.41) is 24.2. The highest BCUT2D eigenvalue weighted by atomic mass is 16.4. The summed E-state index contributed by atoms with van der Waals surface area (Å²) in [5.41, 5.74) is 7.06. The number of carbonyl (C=O) groups is 1. The van der Waals surface area contributed by atoms with Gasteiger partial charge in [-0.3, -0.25) is 14.6 Å². The van der Waals surface area contributed by atoms with Crippen molar-refractivity contribution in [2.75, 3.05) is 6.54 Å². The molecule has 0 aliphatic carbocycles. The van der Waals surface area contributed by atoms with Crippen LogP contribution < -0.4 is 5.73 Å². The summed E-state index contributed by atoms with van der Waals surface area (Å²) in [6, 6.07) is 6.34. The molecule has 5 rings (SSSR count). The third-order valence-electron chi connectivity index (χ3n) is 5.67. The first-order chi connectivity index (χ1) is 15.0. The number of amides is 1. The van der Waals surface area contributed by atoms with E-state index < -0.39 is 17.8 Å². The smallest absolute Gasteiger partial charge is 0.409 e. The molecular weight excluding hydrogens is 400 g/mol. The van der Waals surface area contributed by atoms with Gasteiger partial charge in [-0.05, 0) is 31.0 Å². The fraction of sp³-hybridized carbons (Fsp3) is 0.250. The van der Waals surface area contributed by atoms with Gasteiger partial charge < -0.3 is 20.9 Å². The van der Waals surface area contributed by atoms with Crippen LogP contribution in [0.5, 0.6) is 5.75 Å². The van der Waals surface area contributed by atoms with Crippen LogP contribution in [0.3, 0.4) is 0 Å². The average molecular weight is 420 g/mol. The number of aromatic nitrogens is 6. The normalized spacial score (nSPS) is 21.5. The summed E-state index contributed by atoms with van der Waals surface area (Å²) in [7, 11) is 0. The maximum Gasteiger partial charge on any atom is 0.409 e. The number of aromatic amines is 1. The number of imidazole rings is 1. The van der Waals surface area contributed by atoms with Crippen molar-refractivity contribution in [1.29, 1.82) is 0 Å². The lowest BCUT2D eigenvalue weighted by atomic mass is 9.87. The number of nitrogens with one attached hydrogen (secondary N) is 1. The molecule has 5 N–H and O–H groups in total. The molecule has 31 heavy (non-hydrogen) atoms. The van der Waals surface area contributed by atoms with Gasteiger partial charge in [0.2, 0.25) is 0 Å². The first-order valence-electron chi connectivity index (χ1n) is 9.77. The fourth-order valence-electron chi connectivity index (χ4n) is 4.20. The van der Waals surface area contributed by atoms with Crippen molar-refractivity contribution < 1.29 is 15.0 Å². The van der Waals surface area contributed by atoms with Crippen LogP contribution in [0.2, 0.25) is 0 Å². The molecule has 1 aliphatic rings. The number of phenolic OH excluding ortho intramolecular Hbond substituents is 1. The van der Waals surface area contributed by atoms with Crippen molar-refractivity contribution in [1.82, 2.24) is 34.6 Å². The number of para-hydroxylation sites is 1. The molecule has 3 aromatic heterocycles. The molecule has 1 fully saturated rings. The van der Waals surface area contributed by atoms with Crippen LogP contribution in [-0.4, -0.2) is 57.5 Å². The summed E-state index contributed by atoms with van der Waals surface area (Å²) >= 11 is 0. The van der Waals surface area contributed by atoms with E-state index in [1.807, 2.05) is 0 Å². The molecule has 1 aliphatic heterocycles. The van der Waals surface area contributed by atoms with Gasteiger partial charge in [-0.1, -0.05) is 6.07 Å². The van der Waals surface area contributed by atoms with Gasteiger partial charge in [0.15, 0.2) is 11.5 Å². The Bertz CT molecular complexity index is 1250. The highest BCUT2D eigenvalue weighted by molar-refractivity contribution is 5.84. The minimum atomic E-state index is -1.48. The zero-order valence-electron chi connectivity index (χ0n) is 16.4. The number of fused-ring (bicyclic) bond motifs is 1. The van der Waals surface area contributed by atoms with Crippen LogP contribution >= 0.6 is 0 Å². The predicted molar refractivity (Wildman–Crippen MR) is 110 cm³/mol. The summed E-state index contributed by atoms with van der Waals surface area (Å²) in [4.78, 5) is 29.7. The topological polar surface area (TPSA) is 159 Å². The molecule has 0 bridgehead atoms. The maximum atomic E-state index is 12.1. The molecule has 1 amide bonds. The van der Waals surface area contributed by atoms with Crippen LogP contribution in [-0.2, 0) is 5.66 Å². The van der Waals surface area contributed by atoms with Crippen molar-refractivity contribution in [3.8, 4) is 17.3 Å². The Labute approximate surface area is 176 Å². The van der Waals surface area contributed by atoms with Crippen molar-refractivity contribution in [3.63, 3.8) is 0 Å². The van der Waals surface area contributed by atoms with E-state index in [4.69, 9.17) is 5.73 Å². The van der Waals surface area contributed by atoms with E-state index in [1.54, 1.807) is 41.3 Å². The number of nitrogens with two attached hydrogens (primary N) is 1. The van der Waals surface area contributed by atoms with E-state index in [0.717, 1.165) is 0 Å². The molecule has 11 nitrogen and oxygen atoms in total. The predicted octanol–water partition coefficient (Wildman–Crippen LogP) is 2.05. The monoisotopic (exact) mass is 420 g/mol. The van der Waals surface area contributed by atoms with Gasteiger partial charge in [0.05, 0.1) is 24.0 Å². The van der Waals surface area contributed by atoms with Crippen LogP contribution in [0.25, 0.3) is 22.6 Å². The van der Waals surface area contributed by atoms with Crippen LogP contribution in [0, 0.1) is 0 Å². The molecule has 2 unspecified atom stereocenters. The van der Waals surface area contributed by atoms with Gasteiger partial charge in [0.25, 0.3) is 0 Å². The van der Waals surface area contributed by atoms with Gasteiger partial charge in [0.1, 0.15) is 22.7 Å². The number of nitrogens with zero attached hydrogens (tertiary/aromatic N) is 6. The van der Waals surface area contributed by atoms with Crippen molar-refractivity contribution in [2.45, 2.75) is 24.5 Å². The minimum absolute atomic E-state index is 0.0440. The number of hydrogen-bond acceptors (Lipinski definition) is 7. The highest BCUT2D eigenvalue weighted by Gasteiger charge is 2.50. The molecule has 1 aromatic carbocycles. The van der Waals surface area contributed by atoms with Crippen LogP contribution in [0.1, 0.15) is 24.6 Å². The number of phenols is 1. The lowest BCUT2D eigenvalue weighted by Crippen LogP contribution is -2.63. The number of H-pyrrole nitrogens is 1. The first kappa shape index (κ1) is 19.0. The average Bonchev–Trinajstić information content (AvgIpc) is 3.44. The zero-order valence-corrected chi connectivity index (χ0v) is 16.4. The third-order valence-corrected chi connectivity index (χ3v) is 5.67. The van der Waals surface area contributed by atoms with Gasteiger partial charge in [-0.25, -0.2) is 14.8 Å². The molecule has 11 heteroatoms. The molecule has 0 saturated carbocycles. The Hall–Kier alpha value is -3.99. The zero-order chi connectivity index (χ0) is 21.6. The van der Waals surface area contributed by atoms with E-state index in [1.165, 1.54) is 17.3 Å². The molecular formula is C20H20N8O3. The second-order valence-corrected chi connectivity index (χ2v) is 7.45. The number of likely N-dealkylation sites (tertiary alicyclic amines) is 1. The summed E-state index contributed by atoms with van der Waals surface area (Å²) in [6.07, 6.45) is 6.51. The quantitative estimate of drug-likeness (QED) is 0.392. The Morgan fingerprint density at radius 2 is 2.13 bits per heavy atom. The standard InChI is InChI=1S/C20H20N8O3/c21-20(16(28-9-3-7-23-28)6-2-8-27(20)19(30)31)15-11-22-10-13(24-15)18-25-12-4-1-5-14(29)17(12)26-18/h1,3-5,7,9-11,16,29H,2,6,8,21H2,(H,25,26)(H,30,31).